The molecule has 0 bridgehead atoms. The van der Waals surface area contributed by atoms with E-state index < -0.39 is 17.2 Å². The Morgan fingerprint density at radius 3 is 2.48 bits per heavy atom. The van der Waals surface area contributed by atoms with Gasteiger partial charge in [0.2, 0.25) is 5.41 Å². The number of rotatable bonds is 1. The van der Waals surface area contributed by atoms with Gasteiger partial charge < -0.3 is 5.73 Å². The molecule has 2 aliphatic rings. The molecular weight excluding hydrogens is 315 g/mol. The van der Waals surface area contributed by atoms with Gasteiger partial charge in [0.1, 0.15) is 5.82 Å². The van der Waals surface area contributed by atoms with Gasteiger partial charge in [-0.25, -0.2) is 4.39 Å². The normalized spacial score (nSPS) is 27.3. The van der Waals surface area contributed by atoms with Crippen LogP contribution >= 0.6 is 0 Å². The molecule has 3 rings (SSSR count). The molecule has 1 aromatic rings. The lowest BCUT2D eigenvalue weighted by atomic mass is 9.57. The molecule has 0 radical (unpaired) electrons. The number of hydrogen-bond donors (Lipinski definition) is 1. The summed E-state index contributed by atoms with van der Waals surface area (Å²) in [6.45, 7) is 2.07. The predicted octanol–water partition coefficient (Wildman–Crippen LogP) is 3.67. The molecule has 0 saturated heterocycles. The van der Waals surface area contributed by atoms with Crippen molar-refractivity contribution in [2.45, 2.75) is 25.7 Å². The van der Waals surface area contributed by atoms with Gasteiger partial charge in [0.25, 0.3) is 0 Å². The smallest absolute Gasteiger partial charge is 0.204 e. The summed E-state index contributed by atoms with van der Waals surface area (Å²) in [5.74, 6) is -0.957. The fraction of sp³-hybridized carbons (Fsp3) is 0.350. The van der Waals surface area contributed by atoms with Gasteiger partial charge in [0.05, 0.1) is 29.5 Å². The molecule has 0 aromatic heterocycles. The van der Waals surface area contributed by atoms with E-state index in [0.717, 1.165) is 6.42 Å². The average Bonchev–Trinajstić information content (AvgIpc) is 2.62. The first kappa shape index (κ1) is 16.7. The van der Waals surface area contributed by atoms with Crippen molar-refractivity contribution in [3.8, 4) is 18.2 Å². The topological polar surface area (TPSA) is 97.4 Å². The van der Waals surface area contributed by atoms with E-state index >= 15 is 0 Å². The highest BCUT2D eigenvalue weighted by atomic mass is 19.1. The van der Waals surface area contributed by atoms with Crippen molar-refractivity contribution >= 4 is 0 Å². The van der Waals surface area contributed by atoms with E-state index in [1.807, 2.05) is 18.2 Å². The number of hydrogen-bond acceptors (Lipinski definition) is 4. The zero-order valence-electron chi connectivity index (χ0n) is 13.8. The summed E-state index contributed by atoms with van der Waals surface area (Å²) in [6.07, 6.45) is 3.30. The van der Waals surface area contributed by atoms with Crippen LogP contribution in [0.1, 0.15) is 31.2 Å². The number of fused-ring (bicyclic) bond motifs is 1. The van der Waals surface area contributed by atoms with E-state index in [4.69, 9.17) is 5.73 Å². The highest BCUT2D eigenvalue weighted by molar-refractivity contribution is 5.58. The van der Waals surface area contributed by atoms with Crippen molar-refractivity contribution in [1.82, 2.24) is 0 Å². The Labute approximate surface area is 146 Å². The molecule has 2 N–H and O–H groups in total. The number of benzene rings is 1. The van der Waals surface area contributed by atoms with Crippen LogP contribution in [0.5, 0.6) is 0 Å². The van der Waals surface area contributed by atoms with E-state index in [2.05, 4.69) is 13.0 Å². The minimum atomic E-state index is -1.64. The van der Waals surface area contributed by atoms with Crippen molar-refractivity contribution in [1.29, 1.82) is 15.8 Å². The Hall–Kier alpha value is -3.10. The van der Waals surface area contributed by atoms with Crippen molar-refractivity contribution in [2.24, 2.45) is 23.0 Å². The van der Waals surface area contributed by atoms with Crippen LogP contribution < -0.4 is 5.73 Å². The number of allylic oxidation sites excluding steroid dienone is 3. The molecule has 4 nitrogen and oxygen atoms in total. The van der Waals surface area contributed by atoms with E-state index in [-0.39, 0.29) is 17.2 Å². The van der Waals surface area contributed by atoms with Crippen LogP contribution in [0.4, 0.5) is 4.39 Å². The third-order valence-corrected chi connectivity index (χ3v) is 5.33. The van der Waals surface area contributed by atoms with Crippen LogP contribution in [0.3, 0.4) is 0 Å². The number of nitriles is 3. The average molecular weight is 332 g/mol. The molecule has 3 atom stereocenters. The molecule has 5 heteroatoms. The Balaban J connectivity index is 2.35. The van der Waals surface area contributed by atoms with Crippen molar-refractivity contribution in [2.75, 3.05) is 0 Å². The van der Waals surface area contributed by atoms with Crippen LogP contribution in [0.2, 0.25) is 0 Å². The second-order valence-corrected chi connectivity index (χ2v) is 6.75. The highest BCUT2D eigenvalue weighted by Crippen LogP contribution is 2.55. The summed E-state index contributed by atoms with van der Waals surface area (Å²) in [5, 5.41) is 29.2. The maximum Gasteiger partial charge on any atom is 0.204 e. The molecule has 2 aliphatic carbocycles. The lowest BCUT2D eigenvalue weighted by Gasteiger charge is -2.43. The van der Waals surface area contributed by atoms with E-state index in [9.17, 15) is 20.2 Å². The summed E-state index contributed by atoms with van der Waals surface area (Å²) >= 11 is 0. The molecule has 0 saturated carbocycles. The predicted molar refractivity (Wildman–Crippen MR) is 89.6 cm³/mol. The van der Waals surface area contributed by atoms with Gasteiger partial charge >= 0.3 is 0 Å². The van der Waals surface area contributed by atoms with Crippen LogP contribution in [0, 0.1) is 57.1 Å². The minimum absolute atomic E-state index is 0.0645. The fourth-order valence-corrected chi connectivity index (χ4v) is 4.11. The molecule has 0 fully saturated rings. The molecule has 0 aliphatic heterocycles. The van der Waals surface area contributed by atoms with Crippen LogP contribution in [0.25, 0.3) is 0 Å². The van der Waals surface area contributed by atoms with Gasteiger partial charge in [-0.05, 0) is 41.9 Å². The zero-order valence-corrected chi connectivity index (χ0v) is 13.8. The lowest BCUT2D eigenvalue weighted by molar-refractivity contribution is 0.330. The van der Waals surface area contributed by atoms with Crippen molar-refractivity contribution in [3.63, 3.8) is 0 Å². The molecule has 25 heavy (non-hydrogen) atoms. The maximum atomic E-state index is 14.5. The third-order valence-electron chi connectivity index (χ3n) is 5.33. The SMILES string of the molecule is C[C@H]1CC=C2[C@@H](C1)[C@H](c1ccccc1F)C(C#N)=C(N)C2(C#N)C#N. The van der Waals surface area contributed by atoms with Gasteiger partial charge in [-0.2, -0.15) is 15.8 Å². The summed E-state index contributed by atoms with van der Waals surface area (Å²) in [7, 11) is 0. The lowest BCUT2D eigenvalue weighted by Crippen LogP contribution is -2.41. The first-order valence-electron chi connectivity index (χ1n) is 8.17. The standard InChI is InChI=1S/C20H17FN4/c1-12-6-7-16-14(8-12)18(13-4-2-3-5-17(13)21)15(9-22)19(25)20(16,10-23)11-24/h2-5,7,12,14,18H,6,8,25H2,1H3/t12-,14+,18-/m0/s1. The highest BCUT2D eigenvalue weighted by Gasteiger charge is 2.52. The summed E-state index contributed by atoms with van der Waals surface area (Å²) in [4.78, 5) is 0. The summed E-state index contributed by atoms with van der Waals surface area (Å²) in [5.41, 5.74) is 5.58. The monoisotopic (exact) mass is 332 g/mol. The van der Waals surface area contributed by atoms with E-state index in [1.165, 1.54) is 6.07 Å². The van der Waals surface area contributed by atoms with Crippen LogP contribution in [0.15, 0.2) is 47.2 Å². The van der Waals surface area contributed by atoms with Gasteiger partial charge in [0.15, 0.2) is 0 Å². The molecule has 0 unspecified atom stereocenters. The molecule has 0 spiro atoms. The second-order valence-electron chi connectivity index (χ2n) is 6.75. The second kappa shape index (κ2) is 6.08. The first-order valence-corrected chi connectivity index (χ1v) is 8.17. The minimum Gasteiger partial charge on any atom is -0.399 e. The van der Waals surface area contributed by atoms with Crippen molar-refractivity contribution in [3.05, 3.63) is 58.6 Å². The van der Waals surface area contributed by atoms with Gasteiger partial charge in [0, 0.05) is 5.92 Å². The quantitative estimate of drug-likeness (QED) is 0.793. The Morgan fingerprint density at radius 2 is 1.88 bits per heavy atom. The van der Waals surface area contributed by atoms with E-state index in [0.29, 0.717) is 23.5 Å². The van der Waals surface area contributed by atoms with E-state index in [1.54, 1.807) is 18.2 Å². The van der Waals surface area contributed by atoms with Gasteiger partial charge in [-0.3, -0.25) is 0 Å². The third kappa shape index (κ3) is 2.31. The Morgan fingerprint density at radius 1 is 1.20 bits per heavy atom. The van der Waals surface area contributed by atoms with Crippen LogP contribution in [-0.2, 0) is 0 Å². The Bertz CT molecular complexity index is 893. The molecule has 0 amide bonds. The van der Waals surface area contributed by atoms with Gasteiger partial charge in [-0.1, -0.05) is 31.2 Å². The maximum absolute atomic E-state index is 14.5. The molecule has 124 valence electrons. The first-order chi connectivity index (χ1) is 12.0. The molecule has 0 heterocycles. The number of nitrogens with zero attached hydrogens (tertiary/aromatic N) is 3. The van der Waals surface area contributed by atoms with Crippen LogP contribution in [-0.4, -0.2) is 0 Å². The summed E-state index contributed by atoms with van der Waals surface area (Å²) in [6, 6.07) is 12.4. The molecular formula is C20H17FN4. The largest absolute Gasteiger partial charge is 0.399 e. The molecule has 1 aromatic carbocycles. The van der Waals surface area contributed by atoms with Crippen molar-refractivity contribution < 1.29 is 4.39 Å². The zero-order chi connectivity index (χ0) is 18.2. The summed E-state index contributed by atoms with van der Waals surface area (Å²) < 4.78 is 14.5. The number of nitrogens with two attached hydrogens (primary N) is 1. The van der Waals surface area contributed by atoms with Gasteiger partial charge in [-0.15, -0.1) is 0 Å². The Kier molecular flexibility index (Phi) is 4.07. The number of halogens is 1. The fourth-order valence-electron chi connectivity index (χ4n) is 4.11.